The molecule has 0 heterocycles. The molecule has 0 aliphatic heterocycles. The zero-order chi connectivity index (χ0) is 10.6. The van der Waals surface area contributed by atoms with Crippen molar-refractivity contribution in [2.45, 2.75) is 51.7 Å². The van der Waals surface area contributed by atoms with Crippen molar-refractivity contribution >= 4 is 13.8 Å². The average molecular weight is 211 g/mol. The van der Waals surface area contributed by atoms with Crippen molar-refractivity contribution in [1.29, 1.82) is 0 Å². The van der Waals surface area contributed by atoms with Gasteiger partial charge in [-0.3, -0.25) is 0 Å². The first-order valence-corrected chi connectivity index (χ1v) is 8.99. The molecule has 1 fully saturated rings. The Labute approximate surface area is 87.7 Å². The average Bonchev–Trinajstić information content (AvgIpc) is 2.26. The fourth-order valence-corrected chi connectivity index (χ4v) is 3.41. The highest BCUT2D eigenvalue weighted by atomic mass is 28.3. The second-order valence-corrected chi connectivity index (χ2v) is 10.2. The Bertz CT molecular complexity index is 251. The first kappa shape index (κ1) is 11.5. The molecule has 1 aliphatic rings. The summed E-state index contributed by atoms with van der Waals surface area (Å²) in [7, 11) is -1.11. The Balaban J connectivity index is 2.73. The second-order valence-electron chi connectivity index (χ2n) is 5.22. The van der Waals surface area contributed by atoms with E-state index in [1.807, 2.05) is 0 Å². The van der Waals surface area contributed by atoms with Crippen LogP contribution >= 0.6 is 0 Å². The van der Waals surface area contributed by atoms with Crippen LogP contribution in [0.15, 0.2) is 16.4 Å². The molecule has 0 aromatic carbocycles. The van der Waals surface area contributed by atoms with Gasteiger partial charge in [0.1, 0.15) is 0 Å². The molecular weight excluding hydrogens is 190 g/mol. The summed E-state index contributed by atoms with van der Waals surface area (Å²) in [6.45, 7) is 7.04. The van der Waals surface area contributed by atoms with Crippen molar-refractivity contribution in [1.82, 2.24) is 0 Å². The van der Waals surface area contributed by atoms with Crippen molar-refractivity contribution in [3.63, 3.8) is 0 Å². The SMILES string of the molecule is C[Si](C)(C)/C=C1/CCCC/C(=N\O)C1. The molecule has 1 saturated carbocycles. The van der Waals surface area contributed by atoms with Gasteiger partial charge in [-0.1, -0.05) is 36.1 Å². The van der Waals surface area contributed by atoms with Gasteiger partial charge in [0.15, 0.2) is 0 Å². The molecule has 2 nitrogen and oxygen atoms in total. The van der Waals surface area contributed by atoms with Crippen LogP contribution in [-0.4, -0.2) is 19.0 Å². The molecule has 0 spiro atoms. The van der Waals surface area contributed by atoms with Gasteiger partial charge in [-0.05, 0) is 25.7 Å². The highest BCUT2D eigenvalue weighted by Gasteiger charge is 2.15. The number of allylic oxidation sites excluding steroid dienone is 1. The molecule has 1 aliphatic carbocycles. The summed E-state index contributed by atoms with van der Waals surface area (Å²) < 4.78 is 0. The summed E-state index contributed by atoms with van der Waals surface area (Å²) in [5, 5.41) is 12.2. The number of hydrogen-bond acceptors (Lipinski definition) is 2. The van der Waals surface area contributed by atoms with E-state index in [0.717, 1.165) is 18.6 Å². The summed E-state index contributed by atoms with van der Waals surface area (Å²) in [6, 6.07) is 0. The minimum absolute atomic E-state index is 0.904. The standard InChI is InChI=1S/C11H21NOSi/c1-14(2,3)9-10-6-4-5-7-11(8-10)12-13/h9,13H,4-8H2,1-3H3/b10-9-,12-11+. The summed E-state index contributed by atoms with van der Waals surface area (Å²) in [4.78, 5) is 0. The van der Waals surface area contributed by atoms with Gasteiger partial charge in [-0.2, -0.15) is 0 Å². The van der Waals surface area contributed by atoms with Crippen molar-refractivity contribution in [3.05, 3.63) is 11.3 Å². The fraction of sp³-hybridized carbons (Fsp3) is 0.727. The highest BCUT2D eigenvalue weighted by molar-refractivity contribution is 6.81. The molecule has 0 unspecified atom stereocenters. The maximum Gasteiger partial charge on any atom is 0.0686 e. The second kappa shape index (κ2) is 4.78. The number of oxime groups is 1. The summed E-state index contributed by atoms with van der Waals surface area (Å²) >= 11 is 0. The molecule has 1 rings (SSSR count). The van der Waals surface area contributed by atoms with Gasteiger partial charge in [0.05, 0.1) is 13.8 Å². The summed E-state index contributed by atoms with van der Waals surface area (Å²) in [5.74, 6) is 0. The lowest BCUT2D eigenvalue weighted by Gasteiger charge is -2.13. The van der Waals surface area contributed by atoms with Crippen LogP contribution in [0.2, 0.25) is 19.6 Å². The van der Waals surface area contributed by atoms with Crippen LogP contribution in [0.5, 0.6) is 0 Å². The fourth-order valence-electron chi connectivity index (χ4n) is 1.94. The molecule has 0 amide bonds. The van der Waals surface area contributed by atoms with Gasteiger partial charge in [-0.15, -0.1) is 0 Å². The highest BCUT2D eigenvalue weighted by Crippen LogP contribution is 2.22. The smallest absolute Gasteiger partial charge is 0.0686 e. The van der Waals surface area contributed by atoms with Crippen LogP contribution < -0.4 is 0 Å². The van der Waals surface area contributed by atoms with E-state index in [1.165, 1.54) is 24.8 Å². The van der Waals surface area contributed by atoms with Crippen LogP contribution in [0, 0.1) is 0 Å². The summed E-state index contributed by atoms with van der Waals surface area (Å²) in [5.41, 5.74) is 4.92. The summed E-state index contributed by atoms with van der Waals surface area (Å²) in [6.07, 6.45) is 5.49. The minimum atomic E-state index is -1.11. The Morgan fingerprint density at radius 2 is 1.86 bits per heavy atom. The van der Waals surface area contributed by atoms with E-state index in [1.54, 1.807) is 0 Å². The molecule has 0 atom stereocenters. The lowest BCUT2D eigenvalue weighted by molar-refractivity contribution is 0.316. The first-order valence-electron chi connectivity index (χ1n) is 5.42. The van der Waals surface area contributed by atoms with E-state index < -0.39 is 8.07 Å². The maximum atomic E-state index is 8.80. The topological polar surface area (TPSA) is 32.6 Å². The lowest BCUT2D eigenvalue weighted by atomic mass is 10.1. The Morgan fingerprint density at radius 3 is 2.43 bits per heavy atom. The monoisotopic (exact) mass is 211 g/mol. The van der Waals surface area contributed by atoms with E-state index >= 15 is 0 Å². The van der Waals surface area contributed by atoms with E-state index in [0.29, 0.717) is 0 Å². The molecule has 1 N–H and O–H groups in total. The predicted molar refractivity (Wildman–Crippen MR) is 63.7 cm³/mol. The maximum absolute atomic E-state index is 8.80. The van der Waals surface area contributed by atoms with Crippen molar-refractivity contribution < 1.29 is 5.21 Å². The Hall–Kier alpha value is -0.573. The lowest BCUT2D eigenvalue weighted by Crippen LogP contribution is -2.17. The van der Waals surface area contributed by atoms with Gasteiger partial charge in [0, 0.05) is 6.42 Å². The van der Waals surface area contributed by atoms with Crippen molar-refractivity contribution in [3.8, 4) is 0 Å². The molecule has 0 bridgehead atoms. The van der Waals surface area contributed by atoms with Crippen molar-refractivity contribution in [2.24, 2.45) is 5.16 Å². The van der Waals surface area contributed by atoms with Gasteiger partial charge >= 0.3 is 0 Å². The van der Waals surface area contributed by atoms with Crippen LogP contribution in [0.4, 0.5) is 0 Å². The van der Waals surface area contributed by atoms with Crippen molar-refractivity contribution in [2.75, 3.05) is 0 Å². The van der Waals surface area contributed by atoms with E-state index in [9.17, 15) is 0 Å². The molecular formula is C11H21NOSi. The van der Waals surface area contributed by atoms with Crippen LogP contribution in [0.1, 0.15) is 32.1 Å². The van der Waals surface area contributed by atoms with E-state index in [2.05, 4.69) is 30.5 Å². The molecule has 14 heavy (non-hydrogen) atoms. The van der Waals surface area contributed by atoms with Gasteiger partial charge in [0.25, 0.3) is 0 Å². The predicted octanol–water partition coefficient (Wildman–Crippen LogP) is 3.58. The molecule has 0 radical (unpaired) electrons. The number of nitrogens with zero attached hydrogens (tertiary/aromatic N) is 1. The third-order valence-corrected chi connectivity index (χ3v) is 3.70. The third-order valence-electron chi connectivity index (χ3n) is 2.42. The van der Waals surface area contributed by atoms with Gasteiger partial charge < -0.3 is 5.21 Å². The number of hydrogen-bond donors (Lipinski definition) is 1. The van der Waals surface area contributed by atoms with Crippen LogP contribution in [0.25, 0.3) is 0 Å². The zero-order valence-corrected chi connectivity index (χ0v) is 10.5. The van der Waals surface area contributed by atoms with Crippen LogP contribution in [0.3, 0.4) is 0 Å². The van der Waals surface area contributed by atoms with Gasteiger partial charge in [-0.25, -0.2) is 0 Å². The molecule has 3 heteroatoms. The molecule has 0 aromatic rings. The van der Waals surface area contributed by atoms with E-state index in [4.69, 9.17) is 5.21 Å². The molecule has 80 valence electrons. The normalized spacial score (nSPS) is 25.4. The molecule has 0 saturated heterocycles. The quantitative estimate of drug-likeness (QED) is 0.306. The zero-order valence-electron chi connectivity index (χ0n) is 9.51. The van der Waals surface area contributed by atoms with Gasteiger partial charge in [0.2, 0.25) is 0 Å². The van der Waals surface area contributed by atoms with E-state index in [-0.39, 0.29) is 0 Å². The minimum Gasteiger partial charge on any atom is -0.411 e. The number of rotatable bonds is 1. The third kappa shape index (κ3) is 4.09. The van der Waals surface area contributed by atoms with Crippen LogP contribution in [-0.2, 0) is 0 Å². The largest absolute Gasteiger partial charge is 0.411 e. The Kier molecular flexibility index (Phi) is 3.93. The molecule has 0 aromatic heterocycles. The Morgan fingerprint density at radius 1 is 1.21 bits per heavy atom. The first-order chi connectivity index (χ1) is 6.51.